The third kappa shape index (κ3) is 2.92. The largest absolute Gasteiger partial charge is 0.384 e. The third-order valence-corrected chi connectivity index (χ3v) is 4.61. The fourth-order valence-corrected chi connectivity index (χ4v) is 3.25. The van der Waals surface area contributed by atoms with E-state index in [2.05, 4.69) is 21.1 Å². The Morgan fingerprint density at radius 1 is 1.15 bits per heavy atom. The van der Waals surface area contributed by atoms with Crippen molar-refractivity contribution in [2.45, 2.75) is 19.9 Å². The number of rotatable bonds is 3. The number of benzene rings is 1. The minimum absolute atomic E-state index is 0.0304. The predicted octanol–water partition coefficient (Wildman–Crippen LogP) is 2.24. The Kier molecular flexibility index (Phi) is 3.91. The van der Waals surface area contributed by atoms with Gasteiger partial charge in [0.1, 0.15) is 5.82 Å². The lowest BCUT2D eigenvalue weighted by Gasteiger charge is -2.39. The topological polar surface area (TPSA) is 89.9 Å². The highest BCUT2D eigenvalue weighted by Crippen LogP contribution is 2.25. The van der Waals surface area contributed by atoms with Crippen molar-refractivity contribution in [3.8, 4) is 11.4 Å². The van der Waals surface area contributed by atoms with Crippen LogP contribution in [0, 0.1) is 13.8 Å². The highest BCUT2D eigenvalue weighted by Gasteiger charge is 2.33. The summed E-state index contributed by atoms with van der Waals surface area (Å²) in [5, 5.41) is 4.51. The summed E-state index contributed by atoms with van der Waals surface area (Å²) < 4.78 is 2.01. The van der Waals surface area contributed by atoms with Crippen molar-refractivity contribution in [2.24, 2.45) is 0 Å². The number of hydrogen-bond acceptors (Lipinski definition) is 5. The molecule has 3 heterocycles. The molecule has 132 valence electrons. The van der Waals surface area contributed by atoms with Gasteiger partial charge in [0.25, 0.3) is 5.91 Å². The number of nitrogens with zero attached hydrogens (tertiary/aromatic N) is 5. The molecule has 2 aromatic heterocycles. The quantitative estimate of drug-likeness (QED) is 0.784. The number of likely N-dealkylation sites (tertiary alicyclic amines) is 1. The van der Waals surface area contributed by atoms with Crippen LogP contribution < -0.4 is 5.73 Å². The number of hydrogen-bond donors (Lipinski definition) is 1. The molecule has 7 nitrogen and oxygen atoms in total. The minimum atomic E-state index is 0.0304. The van der Waals surface area contributed by atoms with Crippen molar-refractivity contribution >= 4 is 11.7 Å². The summed E-state index contributed by atoms with van der Waals surface area (Å²) in [5.74, 6) is 1.01. The fraction of sp³-hybridized carbons (Fsp3) is 0.263. The normalized spacial score (nSPS) is 14.3. The highest BCUT2D eigenvalue weighted by molar-refractivity contribution is 5.95. The monoisotopic (exact) mass is 348 g/mol. The van der Waals surface area contributed by atoms with E-state index in [1.165, 1.54) is 0 Å². The molecule has 0 aliphatic carbocycles. The van der Waals surface area contributed by atoms with Crippen LogP contribution in [0.4, 0.5) is 5.82 Å². The first kappa shape index (κ1) is 16.3. The molecule has 1 aliphatic rings. The second-order valence-corrected chi connectivity index (χ2v) is 6.62. The number of nitrogen functional groups attached to an aromatic ring is 1. The molecule has 0 bridgehead atoms. The van der Waals surface area contributed by atoms with Crippen LogP contribution in [0.5, 0.6) is 0 Å². The van der Waals surface area contributed by atoms with Crippen LogP contribution in [0.25, 0.3) is 11.4 Å². The number of carbonyl (C=O) groups is 1. The summed E-state index contributed by atoms with van der Waals surface area (Å²) >= 11 is 0. The van der Waals surface area contributed by atoms with E-state index >= 15 is 0 Å². The third-order valence-electron chi connectivity index (χ3n) is 4.61. The van der Waals surface area contributed by atoms with Crippen LogP contribution in [0.3, 0.4) is 0 Å². The minimum Gasteiger partial charge on any atom is -0.384 e. The van der Waals surface area contributed by atoms with Gasteiger partial charge in [0.2, 0.25) is 0 Å². The van der Waals surface area contributed by atoms with E-state index in [4.69, 9.17) is 5.73 Å². The second-order valence-electron chi connectivity index (χ2n) is 6.62. The zero-order valence-corrected chi connectivity index (χ0v) is 14.8. The first-order valence-electron chi connectivity index (χ1n) is 8.52. The Morgan fingerprint density at radius 2 is 1.88 bits per heavy atom. The van der Waals surface area contributed by atoms with Crippen molar-refractivity contribution in [2.75, 3.05) is 18.8 Å². The summed E-state index contributed by atoms with van der Waals surface area (Å²) in [6.45, 7) is 5.39. The fourth-order valence-electron chi connectivity index (χ4n) is 3.25. The molecule has 2 N–H and O–H groups in total. The highest BCUT2D eigenvalue weighted by atomic mass is 16.2. The van der Waals surface area contributed by atoms with Crippen molar-refractivity contribution in [3.63, 3.8) is 0 Å². The van der Waals surface area contributed by atoms with Gasteiger partial charge in [0.15, 0.2) is 5.82 Å². The molecule has 1 amide bonds. The molecule has 26 heavy (non-hydrogen) atoms. The van der Waals surface area contributed by atoms with Crippen molar-refractivity contribution in [1.29, 1.82) is 0 Å². The zero-order valence-electron chi connectivity index (χ0n) is 14.8. The van der Waals surface area contributed by atoms with Crippen LogP contribution in [0.1, 0.15) is 27.8 Å². The van der Waals surface area contributed by atoms with Crippen LogP contribution in [-0.2, 0) is 0 Å². The zero-order chi connectivity index (χ0) is 18.3. The van der Waals surface area contributed by atoms with Gasteiger partial charge >= 0.3 is 0 Å². The van der Waals surface area contributed by atoms with Crippen molar-refractivity contribution in [1.82, 2.24) is 24.6 Å². The van der Waals surface area contributed by atoms with E-state index in [1.54, 1.807) is 24.4 Å². The Hall–Kier alpha value is -3.22. The molecule has 1 aliphatic heterocycles. The number of nitrogens with two attached hydrogens (primary N) is 1. The molecule has 0 unspecified atom stereocenters. The van der Waals surface area contributed by atoms with Crippen molar-refractivity contribution < 1.29 is 4.79 Å². The Labute approximate surface area is 151 Å². The summed E-state index contributed by atoms with van der Waals surface area (Å²) in [6, 6.07) is 11.3. The lowest BCUT2D eigenvalue weighted by Crippen LogP contribution is -2.51. The van der Waals surface area contributed by atoms with Gasteiger partial charge in [0.05, 0.1) is 11.7 Å². The first-order valence-corrected chi connectivity index (χ1v) is 8.52. The molecule has 0 spiro atoms. The summed E-state index contributed by atoms with van der Waals surface area (Å²) in [4.78, 5) is 22.9. The maximum absolute atomic E-state index is 12.6. The van der Waals surface area contributed by atoms with E-state index < -0.39 is 0 Å². The summed E-state index contributed by atoms with van der Waals surface area (Å²) in [7, 11) is 0. The Balaban J connectivity index is 1.44. The number of aryl methyl sites for hydroxylation is 2. The van der Waals surface area contributed by atoms with Gasteiger partial charge in [0, 0.05) is 36.1 Å². The molecule has 0 radical (unpaired) electrons. The van der Waals surface area contributed by atoms with Crippen LogP contribution in [-0.4, -0.2) is 43.6 Å². The van der Waals surface area contributed by atoms with Crippen LogP contribution in [0.2, 0.25) is 0 Å². The molecule has 1 aromatic carbocycles. The molecule has 3 aromatic rings. The van der Waals surface area contributed by atoms with Gasteiger partial charge in [-0.1, -0.05) is 12.1 Å². The molecular weight excluding hydrogens is 328 g/mol. The molecule has 0 saturated carbocycles. The van der Waals surface area contributed by atoms with Gasteiger partial charge in [-0.05, 0) is 38.1 Å². The van der Waals surface area contributed by atoms with Gasteiger partial charge < -0.3 is 10.6 Å². The number of amides is 1. The van der Waals surface area contributed by atoms with Crippen molar-refractivity contribution in [3.05, 3.63) is 59.5 Å². The van der Waals surface area contributed by atoms with E-state index in [1.807, 2.05) is 35.6 Å². The maximum Gasteiger partial charge on any atom is 0.253 e. The Morgan fingerprint density at radius 3 is 2.50 bits per heavy atom. The SMILES string of the molecule is Cc1cc(C)n(C2CN(C(=O)c3ccc(-c4nccc(N)n4)cc3)C2)n1. The average Bonchev–Trinajstić information content (AvgIpc) is 2.92. The van der Waals surface area contributed by atoms with Gasteiger partial charge in [-0.15, -0.1) is 0 Å². The van der Waals surface area contributed by atoms with Gasteiger partial charge in [-0.3, -0.25) is 9.48 Å². The Bertz CT molecular complexity index is 956. The average molecular weight is 348 g/mol. The molecule has 0 atom stereocenters. The second kappa shape index (κ2) is 6.25. The van der Waals surface area contributed by atoms with E-state index in [-0.39, 0.29) is 11.9 Å². The standard InChI is InChI=1S/C19H20N6O/c1-12-9-13(2)25(23-12)16-10-24(11-16)19(26)15-5-3-14(4-6-15)18-21-8-7-17(20)22-18/h3-9,16H,10-11H2,1-2H3,(H2,20,21,22). The predicted molar refractivity (Wildman–Crippen MR) is 98.5 cm³/mol. The van der Waals surface area contributed by atoms with Gasteiger partial charge in [-0.2, -0.15) is 5.10 Å². The summed E-state index contributed by atoms with van der Waals surface area (Å²) in [6.07, 6.45) is 1.62. The number of anilines is 1. The number of carbonyl (C=O) groups excluding carboxylic acids is 1. The summed E-state index contributed by atoms with van der Waals surface area (Å²) in [5.41, 5.74) is 9.32. The van der Waals surface area contributed by atoms with Crippen LogP contribution in [0.15, 0.2) is 42.6 Å². The molecule has 7 heteroatoms. The molecule has 1 saturated heterocycles. The molecular formula is C19H20N6O. The smallest absolute Gasteiger partial charge is 0.253 e. The maximum atomic E-state index is 12.6. The van der Waals surface area contributed by atoms with Crippen LogP contribution >= 0.6 is 0 Å². The van der Waals surface area contributed by atoms with Gasteiger partial charge in [-0.25, -0.2) is 9.97 Å². The number of aromatic nitrogens is 4. The lowest BCUT2D eigenvalue weighted by molar-refractivity contribution is 0.0497. The first-order chi connectivity index (χ1) is 12.5. The lowest BCUT2D eigenvalue weighted by atomic mass is 10.1. The van der Waals surface area contributed by atoms with E-state index in [0.29, 0.717) is 30.3 Å². The molecule has 4 rings (SSSR count). The van der Waals surface area contributed by atoms with E-state index in [0.717, 1.165) is 17.0 Å². The molecule has 1 fully saturated rings. The van der Waals surface area contributed by atoms with E-state index in [9.17, 15) is 4.79 Å².